The van der Waals surface area contributed by atoms with Gasteiger partial charge in [0.05, 0.1) is 21.7 Å². The summed E-state index contributed by atoms with van der Waals surface area (Å²) in [4.78, 5) is 4.80. The summed E-state index contributed by atoms with van der Waals surface area (Å²) in [6.45, 7) is 4.14. The third kappa shape index (κ3) is 2.49. The molecule has 1 aliphatic rings. The molecule has 3 aromatic rings. The highest BCUT2D eigenvalue weighted by atomic mass is 32.2. The van der Waals surface area contributed by atoms with Crippen molar-refractivity contribution in [3.8, 4) is 5.69 Å². The van der Waals surface area contributed by atoms with Gasteiger partial charge in [-0.05, 0) is 31.5 Å². The van der Waals surface area contributed by atoms with Crippen LogP contribution in [-0.2, 0) is 0 Å². The fraction of sp³-hybridized carbons (Fsp3) is 0.158. The number of fused-ring (bicyclic) bond motifs is 1. The van der Waals surface area contributed by atoms with Gasteiger partial charge in [0.15, 0.2) is 5.82 Å². The van der Waals surface area contributed by atoms with Crippen molar-refractivity contribution < 1.29 is 0 Å². The first-order chi connectivity index (χ1) is 11.2. The van der Waals surface area contributed by atoms with Crippen LogP contribution in [0.15, 0.2) is 65.7 Å². The number of aryl methyl sites for hydroxylation is 1. The lowest BCUT2D eigenvalue weighted by molar-refractivity contribution is 0.863. The molecule has 0 aliphatic carbocycles. The number of aliphatic imine (C=N–C) groups is 1. The van der Waals surface area contributed by atoms with Crippen molar-refractivity contribution in [1.29, 1.82) is 0 Å². The number of hydrogen-bond acceptors (Lipinski definition) is 3. The van der Waals surface area contributed by atoms with Gasteiger partial charge in [0.2, 0.25) is 0 Å². The van der Waals surface area contributed by atoms with Crippen molar-refractivity contribution in [1.82, 2.24) is 9.78 Å². The van der Waals surface area contributed by atoms with Gasteiger partial charge < -0.3 is 0 Å². The van der Waals surface area contributed by atoms with Crippen molar-refractivity contribution in [3.63, 3.8) is 0 Å². The maximum Gasteiger partial charge on any atom is 0.161 e. The summed E-state index contributed by atoms with van der Waals surface area (Å²) in [5.41, 5.74) is 4.60. The Bertz CT molecular complexity index is 866. The number of rotatable bonds is 2. The van der Waals surface area contributed by atoms with Gasteiger partial charge in [-0.25, -0.2) is 9.67 Å². The summed E-state index contributed by atoms with van der Waals surface area (Å²) in [5, 5.41) is 6.09. The van der Waals surface area contributed by atoms with E-state index in [4.69, 9.17) is 10.1 Å². The highest BCUT2D eigenvalue weighted by Crippen LogP contribution is 2.47. The SMILES string of the molecule is CC1=Nc2c(c(C)nn2-c2ccccc2)[C@H](c2ccccc2)S1. The van der Waals surface area contributed by atoms with Gasteiger partial charge in [-0.1, -0.05) is 60.3 Å². The molecule has 2 aromatic carbocycles. The maximum absolute atomic E-state index is 4.80. The van der Waals surface area contributed by atoms with Gasteiger partial charge in [-0.2, -0.15) is 5.10 Å². The average Bonchev–Trinajstić information content (AvgIpc) is 2.92. The van der Waals surface area contributed by atoms with Gasteiger partial charge in [-0.3, -0.25) is 0 Å². The van der Waals surface area contributed by atoms with Crippen LogP contribution in [0.3, 0.4) is 0 Å². The quantitative estimate of drug-likeness (QED) is 0.660. The van der Waals surface area contributed by atoms with E-state index in [1.807, 2.05) is 22.9 Å². The van der Waals surface area contributed by atoms with E-state index in [9.17, 15) is 0 Å². The van der Waals surface area contributed by atoms with Crippen molar-refractivity contribution in [3.05, 3.63) is 77.5 Å². The van der Waals surface area contributed by atoms with Crippen LogP contribution < -0.4 is 0 Å². The summed E-state index contributed by atoms with van der Waals surface area (Å²) in [6.07, 6.45) is 0. The number of thioether (sulfide) groups is 1. The molecule has 0 spiro atoms. The molecule has 1 aliphatic heterocycles. The predicted octanol–water partition coefficient (Wildman–Crippen LogP) is 5.07. The van der Waals surface area contributed by atoms with Gasteiger partial charge in [0, 0.05) is 5.56 Å². The molecule has 4 heteroatoms. The largest absolute Gasteiger partial charge is 0.227 e. The number of aromatic nitrogens is 2. The van der Waals surface area contributed by atoms with E-state index < -0.39 is 0 Å². The predicted molar refractivity (Wildman–Crippen MR) is 96.9 cm³/mol. The molecule has 0 saturated carbocycles. The Hall–Kier alpha value is -2.33. The second-order valence-electron chi connectivity index (χ2n) is 5.61. The molecule has 1 atom stereocenters. The van der Waals surface area contributed by atoms with Gasteiger partial charge in [-0.15, -0.1) is 0 Å². The van der Waals surface area contributed by atoms with Crippen LogP contribution in [0, 0.1) is 6.92 Å². The lowest BCUT2D eigenvalue weighted by Gasteiger charge is -2.21. The Morgan fingerprint density at radius 2 is 1.57 bits per heavy atom. The molecule has 0 unspecified atom stereocenters. The minimum absolute atomic E-state index is 0.251. The van der Waals surface area contributed by atoms with Crippen molar-refractivity contribution in [2.24, 2.45) is 4.99 Å². The molecule has 1 aromatic heterocycles. The Morgan fingerprint density at radius 1 is 0.913 bits per heavy atom. The highest BCUT2D eigenvalue weighted by molar-refractivity contribution is 8.14. The van der Waals surface area contributed by atoms with Crippen molar-refractivity contribution in [2.75, 3.05) is 0 Å². The summed E-state index contributed by atoms with van der Waals surface area (Å²) >= 11 is 1.80. The van der Waals surface area contributed by atoms with Crippen LogP contribution in [0.4, 0.5) is 5.82 Å². The fourth-order valence-corrected chi connectivity index (χ4v) is 4.13. The maximum atomic E-state index is 4.80. The van der Waals surface area contributed by atoms with Crippen LogP contribution in [0.25, 0.3) is 5.69 Å². The van der Waals surface area contributed by atoms with E-state index in [0.717, 1.165) is 22.2 Å². The zero-order valence-corrected chi connectivity index (χ0v) is 13.9. The lowest BCUT2D eigenvalue weighted by atomic mass is 10.0. The molecule has 4 rings (SSSR count). The Morgan fingerprint density at radius 3 is 2.26 bits per heavy atom. The molecule has 0 saturated heterocycles. The lowest BCUT2D eigenvalue weighted by Crippen LogP contribution is -2.06. The summed E-state index contributed by atoms with van der Waals surface area (Å²) < 4.78 is 1.96. The Kier molecular flexibility index (Phi) is 3.54. The standard InChI is InChI=1S/C19H17N3S/c1-13-17-18(15-9-5-3-6-10-15)23-14(2)20-19(17)22(21-13)16-11-7-4-8-12-16/h3-12,18H,1-2H3/t18-/m0/s1. The Labute approximate surface area is 140 Å². The molecule has 114 valence electrons. The van der Waals surface area contributed by atoms with E-state index in [1.165, 1.54) is 11.1 Å². The van der Waals surface area contributed by atoms with E-state index in [0.29, 0.717) is 0 Å². The van der Waals surface area contributed by atoms with Crippen LogP contribution in [0.5, 0.6) is 0 Å². The molecule has 0 fully saturated rings. The first-order valence-electron chi connectivity index (χ1n) is 7.66. The first kappa shape index (κ1) is 14.3. The number of hydrogen-bond donors (Lipinski definition) is 0. The molecular weight excluding hydrogens is 302 g/mol. The molecule has 3 nitrogen and oxygen atoms in total. The van der Waals surface area contributed by atoms with E-state index in [1.54, 1.807) is 11.8 Å². The smallest absolute Gasteiger partial charge is 0.161 e. The fourth-order valence-electron chi connectivity index (χ4n) is 2.96. The van der Waals surface area contributed by atoms with Gasteiger partial charge >= 0.3 is 0 Å². The number of para-hydroxylation sites is 1. The van der Waals surface area contributed by atoms with Crippen molar-refractivity contribution >= 4 is 22.6 Å². The van der Waals surface area contributed by atoms with E-state index in [2.05, 4.69) is 56.3 Å². The monoisotopic (exact) mass is 319 g/mol. The first-order valence-corrected chi connectivity index (χ1v) is 8.54. The van der Waals surface area contributed by atoms with E-state index in [-0.39, 0.29) is 5.25 Å². The topological polar surface area (TPSA) is 30.2 Å². The van der Waals surface area contributed by atoms with Crippen LogP contribution in [0.1, 0.15) is 29.0 Å². The summed E-state index contributed by atoms with van der Waals surface area (Å²) in [7, 11) is 0. The highest BCUT2D eigenvalue weighted by Gasteiger charge is 2.29. The third-order valence-electron chi connectivity index (χ3n) is 4.00. The molecule has 0 bridgehead atoms. The molecule has 2 heterocycles. The summed E-state index contributed by atoms with van der Waals surface area (Å²) in [5.74, 6) is 0.957. The van der Waals surface area contributed by atoms with Gasteiger partial charge in [0.25, 0.3) is 0 Å². The second kappa shape index (κ2) is 5.70. The number of nitrogens with zero attached hydrogens (tertiary/aromatic N) is 3. The molecular formula is C19H17N3S. The van der Waals surface area contributed by atoms with Crippen LogP contribution in [0.2, 0.25) is 0 Å². The zero-order valence-electron chi connectivity index (χ0n) is 13.1. The summed E-state index contributed by atoms with van der Waals surface area (Å²) in [6, 6.07) is 20.8. The average molecular weight is 319 g/mol. The van der Waals surface area contributed by atoms with Crippen LogP contribution in [-0.4, -0.2) is 14.8 Å². The molecule has 0 N–H and O–H groups in total. The third-order valence-corrected chi connectivity index (χ3v) is 5.17. The molecule has 23 heavy (non-hydrogen) atoms. The Balaban J connectivity index is 1.91. The minimum Gasteiger partial charge on any atom is -0.227 e. The molecule has 0 radical (unpaired) electrons. The minimum atomic E-state index is 0.251. The second-order valence-corrected chi connectivity index (χ2v) is 6.91. The van der Waals surface area contributed by atoms with Gasteiger partial charge in [0.1, 0.15) is 0 Å². The normalized spacial score (nSPS) is 16.8. The molecule has 0 amide bonds. The van der Waals surface area contributed by atoms with Crippen molar-refractivity contribution in [2.45, 2.75) is 19.1 Å². The van der Waals surface area contributed by atoms with Crippen LogP contribution >= 0.6 is 11.8 Å². The zero-order chi connectivity index (χ0) is 15.8. The number of benzene rings is 2. The van der Waals surface area contributed by atoms with E-state index >= 15 is 0 Å².